The number of rotatable bonds is 2. The second kappa shape index (κ2) is 5.98. The van der Waals surface area contributed by atoms with Crippen molar-refractivity contribution in [3.63, 3.8) is 0 Å². The van der Waals surface area contributed by atoms with Crippen molar-refractivity contribution < 1.29 is 14.7 Å². The van der Waals surface area contributed by atoms with Crippen molar-refractivity contribution in [2.75, 3.05) is 11.4 Å². The standard InChI is InChI=1S/C19H10BrN3O4S/c20-9-5-6-12-10(7-9)15(17(26)22(12)8-14(24)25)16-18(27)23-13-4-2-1-3-11(13)21-19(23)28-16/h1-7H,8H2,(H,24,25)/p-1/b16-15-. The molecule has 0 unspecified atom stereocenters. The summed E-state index contributed by atoms with van der Waals surface area (Å²) >= 11 is 4.49. The van der Waals surface area contributed by atoms with Gasteiger partial charge in [0.05, 0.1) is 34.8 Å². The molecule has 0 bridgehead atoms. The number of hydrogen-bond acceptors (Lipinski definition) is 6. The van der Waals surface area contributed by atoms with Crippen LogP contribution in [0, 0.1) is 0 Å². The van der Waals surface area contributed by atoms with Gasteiger partial charge in [0.1, 0.15) is 4.53 Å². The van der Waals surface area contributed by atoms with Gasteiger partial charge < -0.3 is 14.8 Å². The Morgan fingerprint density at radius 3 is 2.75 bits per heavy atom. The molecule has 2 aromatic heterocycles. The number of aliphatic carboxylic acids is 1. The van der Waals surface area contributed by atoms with Gasteiger partial charge >= 0.3 is 0 Å². The summed E-state index contributed by atoms with van der Waals surface area (Å²) in [7, 11) is 0. The van der Waals surface area contributed by atoms with E-state index in [1.165, 1.54) is 4.40 Å². The number of aromatic nitrogens is 2. The summed E-state index contributed by atoms with van der Waals surface area (Å²) in [5, 5.41) is 11.1. The van der Waals surface area contributed by atoms with Gasteiger partial charge in [-0.25, -0.2) is 9.38 Å². The van der Waals surface area contributed by atoms with Gasteiger partial charge in [-0.05, 0) is 30.3 Å². The van der Waals surface area contributed by atoms with Gasteiger partial charge in [0, 0.05) is 10.0 Å². The minimum Gasteiger partial charge on any atom is -0.548 e. The van der Waals surface area contributed by atoms with Crippen molar-refractivity contribution in [2.45, 2.75) is 0 Å². The van der Waals surface area contributed by atoms with Crippen LogP contribution in [0.3, 0.4) is 0 Å². The lowest BCUT2D eigenvalue weighted by Crippen LogP contribution is -2.40. The number of carbonyl (C=O) groups is 2. The molecule has 1 aliphatic rings. The van der Waals surface area contributed by atoms with Crippen LogP contribution in [-0.2, 0) is 9.59 Å². The number of carbonyl (C=O) groups excluding carboxylic acids is 2. The highest BCUT2D eigenvalue weighted by Crippen LogP contribution is 2.37. The van der Waals surface area contributed by atoms with Crippen LogP contribution < -0.4 is 20.1 Å². The average Bonchev–Trinajstić information content (AvgIpc) is 3.25. The van der Waals surface area contributed by atoms with Gasteiger partial charge in [0.2, 0.25) is 0 Å². The smallest absolute Gasteiger partial charge is 0.275 e. The first-order chi connectivity index (χ1) is 13.5. The Kier molecular flexibility index (Phi) is 3.65. The molecule has 0 atom stereocenters. The number of nitrogens with zero attached hydrogens (tertiary/aromatic N) is 3. The molecule has 2 aromatic carbocycles. The Morgan fingerprint density at radius 2 is 1.96 bits per heavy atom. The normalized spacial score (nSPS) is 15.6. The Hall–Kier alpha value is -3.04. The Bertz CT molecular complexity index is 1440. The van der Waals surface area contributed by atoms with Crippen molar-refractivity contribution in [3.05, 3.63) is 67.4 Å². The Balaban J connectivity index is 1.88. The van der Waals surface area contributed by atoms with Crippen LogP contribution in [0.15, 0.2) is 51.7 Å². The number of fused-ring (bicyclic) bond motifs is 4. The van der Waals surface area contributed by atoms with Crippen LogP contribution >= 0.6 is 27.3 Å². The zero-order chi connectivity index (χ0) is 19.6. The van der Waals surface area contributed by atoms with Crippen LogP contribution in [0.1, 0.15) is 5.56 Å². The summed E-state index contributed by atoms with van der Waals surface area (Å²) in [6, 6.07) is 12.3. The molecule has 5 rings (SSSR count). The van der Waals surface area contributed by atoms with E-state index in [2.05, 4.69) is 20.9 Å². The fraction of sp³-hybridized carbons (Fsp3) is 0.0526. The first-order valence-corrected chi connectivity index (χ1v) is 9.82. The Labute approximate surface area is 169 Å². The summed E-state index contributed by atoms with van der Waals surface area (Å²) in [5.41, 5.74) is 2.13. The highest BCUT2D eigenvalue weighted by molar-refractivity contribution is 9.10. The van der Waals surface area contributed by atoms with Crippen molar-refractivity contribution >= 4 is 66.4 Å². The monoisotopic (exact) mass is 454 g/mol. The number of para-hydroxylation sites is 2. The topological polar surface area (TPSA) is 94.8 Å². The summed E-state index contributed by atoms with van der Waals surface area (Å²) in [4.78, 5) is 43.4. The molecule has 1 amide bonds. The van der Waals surface area contributed by atoms with Gasteiger partial charge in [-0.1, -0.05) is 39.4 Å². The van der Waals surface area contributed by atoms with Crippen LogP contribution in [0.25, 0.3) is 21.6 Å². The van der Waals surface area contributed by atoms with Gasteiger partial charge in [-0.15, -0.1) is 0 Å². The number of hydrogen-bond donors (Lipinski definition) is 0. The van der Waals surface area contributed by atoms with Crippen LogP contribution in [0.5, 0.6) is 0 Å². The molecular weight excluding hydrogens is 446 g/mol. The van der Waals surface area contributed by atoms with E-state index in [0.717, 1.165) is 16.2 Å². The number of halogens is 1. The molecule has 0 saturated heterocycles. The molecule has 3 heterocycles. The lowest BCUT2D eigenvalue weighted by atomic mass is 10.1. The van der Waals surface area contributed by atoms with Crippen molar-refractivity contribution in [1.82, 2.24) is 9.38 Å². The third kappa shape index (κ3) is 2.33. The maximum absolute atomic E-state index is 13.2. The Morgan fingerprint density at radius 1 is 1.18 bits per heavy atom. The first-order valence-electron chi connectivity index (χ1n) is 8.21. The minimum atomic E-state index is -1.38. The number of thiazole rings is 1. The van der Waals surface area contributed by atoms with Gasteiger partial charge in [0.25, 0.3) is 11.5 Å². The molecule has 0 spiro atoms. The molecule has 9 heteroatoms. The predicted octanol–water partition coefficient (Wildman–Crippen LogP) is 0.686. The number of carboxylic acid groups (broad SMARTS) is 1. The van der Waals surface area contributed by atoms with Crippen molar-refractivity contribution in [3.8, 4) is 0 Å². The first kappa shape index (κ1) is 17.1. The van der Waals surface area contributed by atoms with Crippen molar-refractivity contribution in [2.24, 2.45) is 0 Å². The summed E-state index contributed by atoms with van der Waals surface area (Å²) < 4.78 is 2.43. The number of imidazole rings is 1. The number of anilines is 1. The summed E-state index contributed by atoms with van der Waals surface area (Å²) in [6.07, 6.45) is 0. The molecule has 0 aliphatic carbocycles. The second-order valence-corrected chi connectivity index (χ2v) is 8.15. The van der Waals surface area contributed by atoms with E-state index in [0.29, 0.717) is 31.7 Å². The third-order valence-corrected chi connectivity index (χ3v) is 6.15. The molecule has 4 aromatic rings. The largest absolute Gasteiger partial charge is 0.548 e. The fourth-order valence-electron chi connectivity index (χ4n) is 3.47. The highest BCUT2D eigenvalue weighted by atomic mass is 79.9. The lowest BCUT2D eigenvalue weighted by molar-refractivity contribution is -0.303. The maximum Gasteiger partial charge on any atom is 0.275 e. The van der Waals surface area contributed by atoms with E-state index in [9.17, 15) is 19.5 Å². The van der Waals surface area contributed by atoms with Crippen LogP contribution in [0.2, 0.25) is 0 Å². The predicted molar refractivity (Wildman–Crippen MR) is 106 cm³/mol. The quantitative estimate of drug-likeness (QED) is 0.443. The lowest BCUT2D eigenvalue weighted by Gasteiger charge is -2.17. The minimum absolute atomic E-state index is 0.183. The van der Waals surface area contributed by atoms with Crippen molar-refractivity contribution in [1.29, 1.82) is 0 Å². The van der Waals surface area contributed by atoms with Gasteiger partial charge in [-0.3, -0.25) is 9.59 Å². The zero-order valence-corrected chi connectivity index (χ0v) is 16.4. The molecule has 0 N–H and O–H groups in total. The van der Waals surface area contributed by atoms with Gasteiger partial charge in [0.15, 0.2) is 4.96 Å². The van der Waals surface area contributed by atoms with E-state index in [4.69, 9.17) is 0 Å². The van der Waals surface area contributed by atoms with E-state index >= 15 is 0 Å². The molecule has 1 aliphatic heterocycles. The molecule has 28 heavy (non-hydrogen) atoms. The SMILES string of the molecule is O=C([O-])CN1C(=O)/C(=c2\sc3nc4ccccc4n3c2=O)c2cc(Br)ccc21. The number of amides is 1. The molecule has 0 fully saturated rings. The van der Waals surface area contributed by atoms with Crippen LogP contribution in [0.4, 0.5) is 5.69 Å². The average molecular weight is 455 g/mol. The van der Waals surface area contributed by atoms with E-state index in [1.54, 1.807) is 24.3 Å². The molecule has 138 valence electrons. The molecule has 0 radical (unpaired) electrons. The number of benzene rings is 2. The zero-order valence-electron chi connectivity index (χ0n) is 14.0. The highest BCUT2D eigenvalue weighted by Gasteiger charge is 2.34. The second-order valence-electron chi connectivity index (χ2n) is 6.25. The molecular formula is C19H9BrN3O4S-. The fourth-order valence-corrected chi connectivity index (χ4v) is 4.91. The van der Waals surface area contributed by atoms with Gasteiger partial charge in [-0.2, -0.15) is 0 Å². The molecule has 0 saturated carbocycles. The van der Waals surface area contributed by atoms with E-state index in [1.807, 2.05) is 18.2 Å². The summed E-state index contributed by atoms with van der Waals surface area (Å²) in [6.45, 7) is -0.587. The molecule has 7 nitrogen and oxygen atoms in total. The van der Waals surface area contributed by atoms with Crippen LogP contribution in [-0.4, -0.2) is 27.8 Å². The van der Waals surface area contributed by atoms with E-state index in [-0.39, 0.29) is 15.7 Å². The maximum atomic E-state index is 13.2. The number of carboxylic acids is 1. The summed E-state index contributed by atoms with van der Waals surface area (Å²) in [5.74, 6) is -1.92. The van der Waals surface area contributed by atoms with E-state index < -0.39 is 18.4 Å². The third-order valence-electron chi connectivity index (χ3n) is 4.61.